The van der Waals surface area contributed by atoms with Crippen LogP contribution in [0.1, 0.15) is 48.9 Å². The zero-order valence-electron chi connectivity index (χ0n) is 10.9. The molecule has 2 heterocycles. The zero-order valence-corrected chi connectivity index (χ0v) is 11.7. The van der Waals surface area contributed by atoms with E-state index in [1.54, 1.807) is 0 Å². The Morgan fingerprint density at radius 2 is 2.29 bits per heavy atom. The first-order valence-corrected chi connectivity index (χ1v) is 7.60. The van der Waals surface area contributed by atoms with Crippen LogP contribution in [0.2, 0.25) is 0 Å². The second-order valence-corrected chi connectivity index (χ2v) is 5.80. The highest BCUT2D eigenvalue weighted by Crippen LogP contribution is 2.31. The highest BCUT2D eigenvalue weighted by atomic mass is 32.1. The van der Waals surface area contributed by atoms with Crippen molar-refractivity contribution in [2.24, 2.45) is 0 Å². The quantitative estimate of drug-likeness (QED) is 0.867. The Morgan fingerprint density at radius 3 is 2.88 bits per heavy atom. The summed E-state index contributed by atoms with van der Waals surface area (Å²) in [4.78, 5) is 2.91. The number of thiophene rings is 1. The summed E-state index contributed by atoms with van der Waals surface area (Å²) in [6, 6.07) is 4.92. The zero-order chi connectivity index (χ0) is 12.1. The van der Waals surface area contributed by atoms with Gasteiger partial charge in [-0.15, -0.1) is 11.3 Å². The summed E-state index contributed by atoms with van der Waals surface area (Å²) in [5.74, 6) is 0. The fourth-order valence-electron chi connectivity index (χ4n) is 2.42. The lowest BCUT2D eigenvalue weighted by atomic mass is 10.0. The Balaban J connectivity index is 2.09. The fraction of sp³-hybridized carbons (Fsp3) is 0.714. The maximum Gasteiger partial charge on any atom is 0.0777 e. The van der Waals surface area contributed by atoms with Gasteiger partial charge in [-0.2, -0.15) is 0 Å². The fourth-order valence-corrected chi connectivity index (χ4v) is 3.50. The van der Waals surface area contributed by atoms with Crippen molar-refractivity contribution in [3.63, 3.8) is 0 Å². The Hall–Kier alpha value is -0.380. The van der Waals surface area contributed by atoms with Crippen LogP contribution in [0.4, 0.5) is 0 Å². The number of ether oxygens (including phenoxy) is 1. The molecule has 0 radical (unpaired) electrons. The van der Waals surface area contributed by atoms with E-state index < -0.39 is 0 Å². The number of likely N-dealkylation sites (N-methyl/N-ethyl adjacent to an activating group) is 1. The third kappa shape index (κ3) is 3.30. The molecule has 1 saturated heterocycles. The molecule has 1 fully saturated rings. The molecule has 0 aromatic carbocycles. The maximum atomic E-state index is 5.93. The van der Waals surface area contributed by atoms with E-state index in [0.29, 0.717) is 12.1 Å². The smallest absolute Gasteiger partial charge is 0.0777 e. The molecular formula is C14H23NOS. The van der Waals surface area contributed by atoms with Gasteiger partial charge in [0.1, 0.15) is 0 Å². The topological polar surface area (TPSA) is 21.3 Å². The van der Waals surface area contributed by atoms with E-state index in [0.717, 1.165) is 19.6 Å². The van der Waals surface area contributed by atoms with Crippen LogP contribution < -0.4 is 5.32 Å². The summed E-state index contributed by atoms with van der Waals surface area (Å²) < 4.78 is 5.93. The van der Waals surface area contributed by atoms with E-state index in [1.165, 1.54) is 29.0 Å². The average Bonchev–Trinajstić information content (AvgIpc) is 2.85. The van der Waals surface area contributed by atoms with Crippen molar-refractivity contribution in [1.29, 1.82) is 0 Å². The van der Waals surface area contributed by atoms with E-state index in [2.05, 4.69) is 31.3 Å². The number of nitrogens with one attached hydrogen (secondary N) is 1. The normalized spacial score (nSPS) is 22.6. The molecule has 1 aliphatic heterocycles. The Kier molecular flexibility index (Phi) is 5.01. The molecule has 96 valence electrons. The highest BCUT2D eigenvalue weighted by molar-refractivity contribution is 7.12. The summed E-state index contributed by atoms with van der Waals surface area (Å²) >= 11 is 1.93. The standard InChI is InChI=1S/C14H23NOS/c1-3-11-8-9-13(17-11)14(15-4-2)12-7-5-6-10-16-12/h8-9,12,14-15H,3-7,10H2,1-2H3. The Bertz CT molecular complexity index is 331. The van der Waals surface area contributed by atoms with Crippen LogP contribution in [0, 0.1) is 0 Å². The van der Waals surface area contributed by atoms with Crippen molar-refractivity contribution in [2.45, 2.75) is 51.7 Å². The molecule has 1 aromatic rings. The minimum absolute atomic E-state index is 0.368. The summed E-state index contributed by atoms with van der Waals surface area (Å²) in [5.41, 5.74) is 0. The summed E-state index contributed by atoms with van der Waals surface area (Å²) in [7, 11) is 0. The molecule has 17 heavy (non-hydrogen) atoms. The largest absolute Gasteiger partial charge is 0.376 e. The third-order valence-electron chi connectivity index (χ3n) is 3.35. The van der Waals surface area contributed by atoms with Crippen molar-refractivity contribution in [1.82, 2.24) is 5.32 Å². The second-order valence-electron chi connectivity index (χ2n) is 4.60. The molecule has 2 atom stereocenters. The molecule has 0 amide bonds. The first-order valence-electron chi connectivity index (χ1n) is 6.78. The number of hydrogen-bond donors (Lipinski definition) is 1. The molecule has 1 aliphatic rings. The van der Waals surface area contributed by atoms with Crippen molar-refractivity contribution in [3.8, 4) is 0 Å². The predicted octanol–water partition coefficient (Wildman–Crippen LogP) is 3.53. The molecule has 1 aromatic heterocycles. The summed E-state index contributed by atoms with van der Waals surface area (Å²) in [6.45, 7) is 6.32. The lowest BCUT2D eigenvalue weighted by Crippen LogP contribution is -2.35. The Labute approximate surface area is 108 Å². The molecule has 0 aliphatic carbocycles. The van der Waals surface area contributed by atoms with Gasteiger partial charge in [0, 0.05) is 16.4 Å². The van der Waals surface area contributed by atoms with Crippen molar-refractivity contribution < 1.29 is 4.74 Å². The van der Waals surface area contributed by atoms with Gasteiger partial charge in [-0.1, -0.05) is 13.8 Å². The van der Waals surface area contributed by atoms with Crippen molar-refractivity contribution in [3.05, 3.63) is 21.9 Å². The lowest BCUT2D eigenvalue weighted by molar-refractivity contribution is -0.00712. The van der Waals surface area contributed by atoms with Gasteiger partial charge in [0.15, 0.2) is 0 Å². The van der Waals surface area contributed by atoms with E-state index in [1.807, 2.05) is 11.3 Å². The molecule has 0 saturated carbocycles. The average molecular weight is 253 g/mol. The molecular weight excluding hydrogens is 230 g/mol. The highest BCUT2D eigenvalue weighted by Gasteiger charge is 2.26. The van der Waals surface area contributed by atoms with Gasteiger partial charge in [-0.25, -0.2) is 0 Å². The SMILES string of the molecule is CCNC(c1ccc(CC)s1)C1CCCCO1. The van der Waals surface area contributed by atoms with Gasteiger partial charge in [0.05, 0.1) is 12.1 Å². The molecule has 2 unspecified atom stereocenters. The van der Waals surface area contributed by atoms with Crippen LogP contribution in [-0.2, 0) is 11.2 Å². The van der Waals surface area contributed by atoms with Crippen LogP contribution in [0.15, 0.2) is 12.1 Å². The van der Waals surface area contributed by atoms with E-state index in [4.69, 9.17) is 4.74 Å². The number of rotatable bonds is 5. The second kappa shape index (κ2) is 6.53. The van der Waals surface area contributed by atoms with Crippen LogP contribution >= 0.6 is 11.3 Å². The van der Waals surface area contributed by atoms with Crippen LogP contribution in [0.5, 0.6) is 0 Å². The molecule has 0 bridgehead atoms. The van der Waals surface area contributed by atoms with Crippen LogP contribution in [0.25, 0.3) is 0 Å². The monoisotopic (exact) mass is 253 g/mol. The van der Waals surface area contributed by atoms with E-state index in [9.17, 15) is 0 Å². The first kappa shape index (κ1) is 13.1. The Morgan fingerprint density at radius 1 is 1.41 bits per heavy atom. The van der Waals surface area contributed by atoms with Gasteiger partial charge in [0.2, 0.25) is 0 Å². The molecule has 0 spiro atoms. The van der Waals surface area contributed by atoms with E-state index in [-0.39, 0.29) is 0 Å². The predicted molar refractivity (Wildman–Crippen MR) is 73.7 cm³/mol. The minimum Gasteiger partial charge on any atom is -0.376 e. The summed E-state index contributed by atoms with van der Waals surface area (Å²) in [6.07, 6.45) is 5.22. The van der Waals surface area contributed by atoms with Gasteiger partial charge in [-0.3, -0.25) is 0 Å². The van der Waals surface area contributed by atoms with Crippen molar-refractivity contribution >= 4 is 11.3 Å². The van der Waals surface area contributed by atoms with Gasteiger partial charge >= 0.3 is 0 Å². The minimum atomic E-state index is 0.368. The maximum absolute atomic E-state index is 5.93. The summed E-state index contributed by atoms with van der Waals surface area (Å²) in [5, 5.41) is 3.59. The molecule has 2 rings (SSSR count). The molecule has 2 nitrogen and oxygen atoms in total. The lowest BCUT2D eigenvalue weighted by Gasteiger charge is -2.30. The number of aryl methyl sites for hydroxylation is 1. The van der Waals surface area contributed by atoms with Gasteiger partial charge in [0.25, 0.3) is 0 Å². The first-order chi connectivity index (χ1) is 8.35. The van der Waals surface area contributed by atoms with Gasteiger partial charge in [-0.05, 0) is 44.4 Å². The van der Waals surface area contributed by atoms with Crippen LogP contribution in [-0.4, -0.2) is 19.3 Å². The number of hydrogen-bond acceptors (Lipinski definition) is 3. The third-order valence-corrected chi connectivity index (χ3v) is 4.66. The van der Waals surface area contributed by atoms with E-state index >= 15 is 0 Å². The van der Waals surface area contributed by atoms with Crippen molar-refractivity contribution in [2.75, 3.05) is 13.2 Å². The van der Waals surface area contributed by atoms with Crippen LogP contribution in [0.3, 0.4) is 0 Å². The molecule has 1 N–H and O–H groups in total. The molecule has 3 heteroatoms. The van der Waals surface area contributed by atoms with Gasteiger partial charge < -0.3 is 10.1 Å².